The molecule has 1 atom stereocenters. The van der Waals surface area contributed by atoms with E-state index in [4.69, 9.17) is 4.99 Å². The number of fused-ring (bicyclic) bond motifs is 6. The van der Waals surface area contributed by atoms with Crippen molar-refractivity contribution in [2.24, 2.45) is 4.99 Å². The highest BCUT2D eigenvalue weighted by atomic mass is 15.2. The van der Waals surface area contributed by atoms with Crippen LogP contribution in [0.25, 0.3) is 49.7 Å². The largest absolute Gasteiger partial charge is 0.373 e. The first-order chi connectivity index (χ1) is 31.6. The van der Waals surface area contributed by atoms with Gasteiger partial charge in [-0.15, -0.1) is 0 Å². The lowest BCUT2D eigenvalue weighted by molar-refractivity contribution is 0.243. The highest BCUT2D eigenvalue weighted by Crippen LogP contribution is 2.57. The molecule has 1 N–H and O–H groups in total. The summed E-state index contributed by atoms with van der Waals surface area (Å²) in [5.74, 6) is 0.825. The highest BCUT2D eigenvalue weighted by molar-refractivity contribution is 6.13. The fraction of sp³-hybridized carbons (Fsp3) is 0.0833. The van der Waals surface area contributed by atoms with Crippen molar-refractivity contribution in [1.82, 2.24) is 14.8 Å². The average molecular weight is 825 g/mol. The summed E-state index contributed by atoms with van der Waals surface area (Å²) < 4.78 is 2.47. The van der Waals surface area contributed by atoms with Crippen molar-refractivity contribution in [1.29, 1.82) is 0 Å². The highest BCUT2D eigenvalue weighted by Gasteiger charge is 2.46. The van der Waals surface area contributed by atoms with E-state index in [1.165, 1.54) is 60.8 Å². The Morgan fingerprint density at radius 3 is 1.83 bits per heavy atom. The zero-order valence-corrected chi connectivity index (χ0v) is 36.1. The van der Waals surface area contributed by atoms with E-state index in [1.54, 1.807) is 0 Å². The summed E-state index contributed by atoms with van der Waals surface area (Å²) in [7, 11) is 4.13. The van der Waals surface area contributed by atoms with Crippen molar-refractivity contribution in [3.63, 3.8) is 0 Å². The van der Waals surface area contributed by atoms with E-state index in [1.807, 2.05) is 7.05 Å². The summed E-state index contributed by atoms with van der Waals surface area (Å²) in [6.45, 7) is 0.759. The van der Waals surface area contributed by atoms with Crippen LogP contribution in [0.15, 0.2) is 236 Å². The molecule has 9 aromatic carbocycles. The summed E-state index contributed by atoms with van der Waals surface area (Å²) in [4.78, 5) is 7.81. The molecular formula is C60H48N4. The summed E-state index contributed by atoms with van der Waals surface area (Å²) in [5.41, 5.74) is 16.3. The Morgan fingerprint density at radius 1 is 0.531 bits per heavy atom. The van der Waals surface area contributed by atoms with Gasteiger partial charge < -0.3 is 9.88 Å². The monoisotopic (exact) mass is 824 g/mol. The third kappa shape index (κ3) is 6.62. The van der Waals surface area contributed by atoms with Crippen LogP contribution in [0.3, 0.4) is 0 Å². The second kappa shape index (κ2) is 16.5. The quantitative estimate of drug-likeness (QED) is 0.110. The number of aromatic nitrogens is 1. The van der Waals surface area contributed by atoms with Gasteiger partial charge >= 0.3 is 0 Å². The van der Waals surface area contributed by atoms with Crippen molar-refractivity contribution < 1.29 is 0 Å². The van der Waals surface area contributed by atoms with Gasteiger partial charge in [0, 0.05) is 35.6 Å². The molecule has 64 heavy (non-hydrogen) atoms. The molecule has 0 radical (unpaired) electrons. The third-order valence-electron chi connectivity index (χ3n) is 13.1. The molecule has 0 amide bonds. The summed E-state index contributed by atoms with van der Waals surface area (Å²) in [6.07, 6.45) is -0.217. The first-order valence-electron chi connectivity index (χ1n) is 22.2. The smallest absolute Gasteiger partial charge is 0.130 e. The molecule has 1 aromatic heterocycles. The molecule has 10 aromatic rings. The molecule has 0 aliphatic heterocycles. The van der Waals surface area contributed by atoms with Gasteiger partial charge in [-0.05, 0) is 99.1 Å². The number of hydrogen-bond acceptors (Lipinski definition) is 2. The van der Waals surface area contributed by atoms with Gasteiger partial charge in [0.05, 0.1) is 16.4 Å². The van der Waals surface area contributed by atoms with Gasteiger partial charge in [-0.3, -0.25) is 4.90 Å². The SMILES string of the molecule is CN/C(=N\C(c1ccccc1)N(C)Cc1ccccc1)c1cccc(-n2c3ccc(-c4ccccc4)cc3c3cc4c(cc32)C(c2ccccc2)(c2ccccc2)c2ccccc2-4)c1. The second-order valence-corrected chi connectivity index (χ2v) is 16.8. The molecule has 11 rings (SSSR count). The maximum absolute atomic E-state index is 5.50. The van der Waals surface area contributed by atoms with Crippen molar-refractivity contribution in [2.75, 3.05) is 14.1 Å². The standard InChI is InChI=1S/C60H48N4/c1-61-58(62-59(44-25-12-5-13-26-44)63(2)41-42-21-8-3-9-22-42)46-27-20-32-49(37-46)64-56-36-35-45(43-23-10-4-11-24-43)38-52(56)53-39-51-50-33-18-19-34-54(50)60(55(51)40-57(53)64,47-28-14-6-15-29-47)48-30-16-7-17-31-48/h3-40,59H,41H2,1-2H3,(H,61,62). The van der Waals surface area contributed by atoms with E-state index in [-0.39, 0.29) is 6.17 Å². The van der Waals surface area contributed by atoms with Gasteiger partial charge in [-0.1, -0.05) is 194 Å². The second-order valence-electron chi connectivity index (χ2n) is 16.8. The van der Waals surface area contributed by atoms with Crippen LogP contribution in [0.2, 0.25) is 0 Å². The van der Waals surface area contributed by atoms with Gasteiger partial charge in [-0.2, -0.15) is 0 Å². The van der Waals surface area contributed by atoms with Crippen LogP contribution >= 0.6 is 0 Å². The maximum Gasteiger partial charge on any atom is 0.130 e. The fourth-order valence-electron chi connectivity index (χ4n) is 10.3. The molecule has 0 saturated carbocycles. The Balaban J connectivity index is 1.14. The molecule has 1 aliphatic carbocycles. The molecule has 1 aliphatic rings. The van der Waals surface area contributed by atoms with Crippen LogP contribution in [-0.4, -0.2) is 29.4 Å². The van der Waals surface area contributed by atoms with Crippen molar-refractivity contribution in [3.8, 4) is 27.9 Å². The Morgan fingerprint density at radius 2 is 1.14 bits per heavy atom. The molecule has 1 unspecified atom stereocenters. The number of rotatable bonds is 10. The predicted molar refractivity (Wildman–Crippen MR) is 266 cm³/mol. The molecule has 1 heterocycles. The van der Waals surface area contributed by atoms with Crippen LogP contribution in [0.4, 0.5) is 0 Å². The Bertz CT molecular complexity index is 3240. The Labute approximate surface area is 375 Å². The van der Waals surface area contributed by atoms with Crippen LogP contribution in [0.1, 0.15) is 45.1 Å². The number of amidine groups is 1. The van der Waals surface area contributed by atoms with E-state index in [9.17, 15) is 0 Å². The number of nitrogens with one attached hydrogen (secondary N) is 1. The first-order valence-corrected chi connectivity index (χ1v) is 22.2. The van der Waals surface area contributed by atoms with Gasteiger partial charge in [-0.25, -0.2) is 4.99 Å². The van der Waals surface area contributed by atoms with Crippen molar-refractivity contribution >= 4 is 27.6 Å². The van der Waals surface area contributed by atoms with Crippen molar-refractivity contribution in [3.05, 3.63) is 269 Å². The normalized spacial score (nSPS) is 13.5. The summed E-state index contributed by atoms with van der Waals surface area (Å²) in [5, 5.41) is 5.95. The van der Waals surface area contributed by atoms with Gasteiger partial charge in [0.15, 0.2) is 0 Å². The predicted octanol–water partition coefficient (Wildman–Crippen LogP) is 13.6. The third-order valence-corrected chi connectivity index (χ3v) is 13.1. The zero-order valence-electron chi connectivity index (χ0n) is 36.1. The van der Waals surface area contributed by atoms with Crippen molar-refractivity contribution in [2.45, 2.75) is 18.1 Å². The Hall–Kier alpha value is -7.79. The van der Waals surface area contributed by atoms with E-state index < -0.39 is 5.41 Å². The first kappa shape index (κ1) is 39.1. The van der Waals surface area contributed by atoms with Crippen LogP contribution in [0.5, 0.6) is 0 Å². The lowest BCUT2D eigenvalue weighted by Gasteiger charge is -2.34. The minimum absolute atomic E-state index is 0.217. The fourth-order valence-corrected chi connectivity index (χ4v) is 10.3. The van der Waals surface area contributed by atoms with Crippen LogP contribution < -0.4 is 5.32 Å². The van der Waals surface area contributed by atoms with Crippen LogP contribution in [-0.2, 0) is 12.0 Å². The summed E-state index contributed by atoms with van der Waals surface area (Å²) >= 11 is 0. The van der Waals surface area contributed by atoms with E-state index in [0.717, 1.165) is 40.2 Å². The van der Waals surface area contributed by atoms with Gasteiger partial charge in [0.2, 0.25) is 0 Å². The van der Waals surface area contributed by atoms with Crippen LogP contribution in [0, 0.1) is 0 Å². The summed E-state index contributed by atoms with van der Waals surface area (Å²) in [6, 6.07) is 83.9. The number of nitrogens with zero attached hydrogens (tertiary/aromatic N) is 3. The van der Waals surface area contributed by atoms with E-state index in [0.29, 0.717) is 0 Å². The lowest BCUT2D eigenvalue weighted by Crippen LogP contribution is -2.28. The minimum Gasteiger partial charge on any atom is -0.373 e. The molecule has 0 spiro atoms. The number of hydrogen-bond donors (Lipinski definition) is 1. The molecular weight excluding hydrogens is 777 g/mol. The maximum atomic E-state index is 5.50. The number of aliphatic imine (C=N–C) groups is 1. The lowest BCUT2D eigenvalue weighted by atomic mass is 9.67. The Kier molecular flexibility index (Phi) is 10.1. The molecule has 0 fully saturated rings. The molecule has 0 bridgehead atoms. The number of benzene rings is 9. The molecule has 4 heteroatoms. The minimum atomic E-state index is -0.523. The zero-order chi connectivity index (χ0) is 43.0. The van der Waals surface area contributed by atoms with E-state index in [2.05, 4.69) is 252 Å². The van der Waals surface area contributed by atoms with E-state index >= 15 is 0 Å². The van der Waals surface area contributed by atoms with Gasteiger partial charge in [0.1, 0.15) is 12.0 Å². The molecule has 308 valence electrons. The molecule has 4 nitrogen and oxygen atoms in total. The molecule has 0 saturated heterocycles. The average Bonchev–Trinajstić information content (AvgIpc) is 3.84. The topological polar surface area (TPSA) is 32.6 Å². The van der Waals surface area contributed by atoms with Gasteiger partial charge in [0.25, 0.3) is 0 Å².